The Morgan fingerprint density at radius 1 is 0.970 bits per heavy atom. The predicted octanol–water partition coefficient (Wildman–Crippen LogP) is 6.10. The zero-order chi connectivity index (χ0) is 24.5. The number of aromatic nitrogens is 2. The molecule has 0 bridgehead atoms. The van der Waals surface area contributed by atoms with Gasteiger partial charge in [0, 0.05) is 24.3 Å². The van der Waals surface area contributed by atoms with Crippen LogP contribution < -0.4 is 0 Å². The summed E-state index contributed by atoms with van der Waals surface area (Å²) in [5, 5.41) is 4.52. The molecular weight excluding hydrogens is 414 g/mol. The fourth-order valence-corrected chi connectivity index (χ4v) is 3.54. The molecule has 2 aromatic rings. The molecule has 0 aliphatic heterocycles. The smallest absolute Gasteiger partial charge is 0.358 e. The summed E-state index contributed by atoms with van der Waals surface area (Å²) in [6.45, 7) is 16.6. The van der Waals surface area contributed by atoms with E-state index in [4.69, 9.17) is 4.74 Å². The maximum Gasteiger partial charge on any atom is 0.358 e. The number of hydrogen-bond acceptors (Lipinski definition) is 4. The van der Waals surface area contributed by atoms with E-state index in [2.05, 4.69) is 46.6 Å². The van der Waals surface area contributed by atoms with Gasteiger partial charge in [-0.25, -0.2) is 9.48 Å². The SMILES string of the molecule is CCOC(=O)c1cc([C@@H](C)CC)n(-c2ccc(C(=O)N(CCC(C)C)CCC(C)C)cc2)n1. The first-order valence-electron chi connectivity index (χ1n) is 12.3. The molecule has 0 N–H and O–H groups in total. The first-order chi connectivity index (χ1) is 15.7. The van der Waals surface area contributed by atoms with Gasteiger partial charge >= 0.3 is 5.97 Å². The average molecular weight is 456 g/mol. The number of amides is 1. The van der Waals surface area contributed by atoms with E-state index in [1.54, 1.807) is 11.6 Å². The van der Waals surface area contributed by atoms with E-state index >= 15 is 0 Å². The van der Waals surface area contributed by atoms with Crippen molar-refractivity contribution >= 4 is 11.9 Å². The number of benzene rings is 1. The van der Waals surface area contributed by atoms with Crippen molar-refractivity contribution in [3.63, 3.8) is 0 Å². The Kier molecular flexibility index (Phi) is 10.1. The molecule has 2 rings (SSSR count). The first kappa shape index (κ1) is 26.6. The van der Waals surface area contributed by atoms with E-state index in [0.29, 0.717) is 29.7 Å². The van der Waals surface area contributed by atoms with Crippen molar-refractivity contribution < 1.29 is 14.3 Å². The monoisotopic (exact) mass is 455 g/mol. The van der Waals surface area contributed by atoms with Crippen LogP contribution in [0.5, 0.6) is 0 Å². The Bertz CT molecular complexity index is 888. The summed E-state index contributed by atoms with van der Waals surface area (Å²) in [5.41, 5.74) is 2.76. The predicted molar refractivity (Wildman–Crippen MR) is 133 cm³/mol. The highest BCUT2D eigenvalue weighted by Gasteiger charge is 2.21. The molecule has 0 spiro atoms. The number of carbonyl (C=O) groups is 2. The molecule has 0 aliphatic carbocycles. The van der Waals surface area contributed by atoms with Crippen molar-refractivity contribution in [2.24, 2.45) is 11.8 Å². The molecule has 1 heterocycles. The average Bonchev–Trinajstić information content (AvgIpc) is 3.24. The van der Waals surface area contributed by atoms with Gasteiger partial charge in [0.05, 0.1) is 12.3 Å². The maximum atomic E-state index is 13.2. The minimum atomic E-state index is -0.418. The quantitative estimate of drug-likeness (QED) is 0.363. The third kappa shape index (κ3) is 7.44. The fraction of sp³-hybridized carbons (Fsp3) is 0.593. The van der Waals surface area contributed by atoms with Crippen LogP contribution in [0.15, 0.2) is 30.3 Å². The van der Waals surface area contributed by atoms with Gasteiger partial charge in [0.15, 0.2) is 5.69 Å². The van der Waals surface area contributed by atoms with Crippen molar-refractivity contribution in [2.75, 3.05) is 19.7 Å². The van der Waals surface area contributed by atoms with E-state index in [1.165, 1.54) is 0 Å². The highest BCUT2D eigenvalue weighted by atomic mass is 16.5. The molecule has 0 unspecified atom stereocenters. The summed E-state index contributed by atoms with van der Waals surface area (Å²) in [4.78, 5) is 27.5. The zero-order valence-electron chi connectivity index (χ0n) is 21.4. The summed E-state index contributed by atoms with van der Waals surface area (Å²) < 4.78 is 6.93. The van der Waals surface area contributed by atoms with Crippen LogP contribution in [0.25, 0.3) is 5.69 Å². The lowest BCUT2D eigenvalue weighted by Crippen LogP contribution is -2.34. The van der Waals surface area contributed by atoms with Crippen molar-refractivity contribution in [3.8, 4) is 5.69 Å². The first-order valence-corrected chi connectivity index (χ1v) is 12.3. The number of esters is 1. The molecule has 1 aromatic carbocycles. The molecule has 1 aromatic heterocycles. The second-order valence-corrected chi connectivity index (χ2v) is 9.60. The van der Waals surface area contributed by atoms with Gasteiger partial charge in [-0.2, -0.15) is 5.10 Å². The van der Waals surface area contributed by atoms with Crippen LogP contribution in [0.3, 0.4) is 0 Å². The van der Waals surface area contributed by atoms with Crippen LogP contribution >= 0.6 is 0 Å². The molecule has 0 saturated heterocycles. The van der Waals surface area contributed by atoms with Gasteiger partial charge in [-0.15, -0.1) is 0 Å². The molecule has 0 saturated carbocycles. The van der Waals surface area contributed by atoms with Crippen LogP contribution in [0.2, 0.25) is 0 Å². The molecule has 33 heavy (non-hydrogen) atoms. The highest BCUT2D eigenvalue weighted by molar-refractivity contribution is 5.94. The Morgan fingerprint density at radius 2 is 1.55 bits per heavy atom. The Hall–Kier alpha value is -2.63. The lowest BCUT2D eigenvalue weighted by molar-refractivity contribution is 0.0518. The Morgan fingerprint density at radius 3 is 2.03 bits per heavy atom. The molecule has 182 valence electrons. The molecule has 1 atom stereocenters. The number of hydrogen-bond donors (Lipinski definition) is 0. The second-order valence-electron chi connectivity index (χ2n) is 9.60. The van der Waals surface area contributed by atoms with Gasteiger partial charge in [0.25, 0.3) is 5.91 Å². The van der Waals surface area contributed by atoms with E-state index in [-0.39, 0.29) is 11.8 Å². The third-order valence-electron chi connectivity index (χ3n) is 5.94. The summed E-state index contributed by atoms with van der Waals surface area (Å²) in [6, 6.07) is 9.35. The van der Waals surface area contributed by atoms with E-state index in [0.717, 1.165) is 43.7 Å². The fourth-order valence-electron chi connectivity index (χ4n) is 3.54. The number of ether oxygens (including phenoxy) is 1. The lowest BCUT2D eigenvalue weighted by atomic mass is 10.0. The number of rotatable bonds is 12. The van der Waals surface area contributed by atoms with Crippen LogP contribution in [0.1, 0.15) is 100 Å². The molecule has 0 radical (unpaired) electrons. The Balaban J connectivity index is 2.30. The lowest BCUT2D eigenvalue weighted by Gasteiger charge is -2.25. The van der Waals surface area contributed by atoms with Crippen LogP contribution in [-0.2, 0) is 4.74 Å². The van der Waals surface area contributed by atoms with Crippen LogP contribution in [-0.4, -0.2) is 46.3 Å². The summed E-state index contributed by atoms with van der Waals surface area (Å²) >= 11 is 0. The van der Waals surface area contributed by atoms with Gasteiger partial charge in [-0.05, 0) is 74.3 Å². The molecular formula is C27H41N3O3. The van der Waals surface area contributed by atoms with Crippen LogP contribution in [0, 0.1) is 11.8 Å². The van der Waals surface area contributed by atoms with Crippen molar-refractivity contribution in [3.05, 3.63) is 47.3 Å². The molecule has 6 nitrogen and oxygen atoms in total. The molecule has 0 aliphatic rings. The highest BCUT2D eigenvalue weighted by Crippen LogP contribution is 2.24. The zero-order valence-corrected chi connectivity index (χ0v) is 21.4. The Labute approximate surface area is 199 Å². The van der Waals surface area contributed by atoms with Crippen LogP contribution in [0.4, 0.5) is 0 Å². The third-order valence-corrected chi connectivity index (χ3v) is 5.94. The molecule has 1 amide bonds. The summed E-state index contributed by atoms with van der Waals surface area (Å²) in [7, 11) is 0. The minimum Gasteiger partial charge on any atom is -0.461 e. The van der Waals surface area contributed by atoms with Crippen molar-refractivity contribution in [1.29, 1.82) is 0 Å². The topological polar surface area (TPSA) is 64.4 Å². The second kappa shape index (κ2) is 12.6. The van der Waals surface area contributed by atoms with Gasteiger partial charge in [0.2, 0.25) is 0 Å². The minimum absolute atomic E-state index is 0.0673. The maximum absolute atomic E-state index is 13.2. The molecule has 0 fully saturated rings. The molecule has 6 heteroatoms. The largest absolute Gasteiger partial charge is 0.461 e. The summed E-state index contributed by atoms with van der Waals surface area (Å²) in [5.74, 6) is 0.976. The summed E-state index contributed by atoms with van der Waals surface area (Å²) in [6.07, 6.45) is 2.90. The van der Waals surface area contributed by atoms with Gasteiger partial charge in [-0.1, -0.05) is 41.5 Å². The van der Waals surface area contributed by atoms with E-state index in [9.17, 15) is 9.59 Å². The van der Waals surface area contributed by atoms with Gasteiger partial charge < -0.3 is 9.64 Å². The van der Waals surface area contributed by atoms with E-state index in [1.807, 2.05) is 35.2 Å². The van der Waals surface area contributed by atoms with Crippen molar-refractivity contribution in [2.45, 2.75) is 73.6 Å². The number of nitrogens with zero attached hydrogens (tertiary/aromatic N) is 3. The standard InChI is InChI=1S/C27H41N3O3/c1-8-21(7)25-18-24(27(32)33-9-2)28-30(25)23-12-10-22(11-13-23)26(31)29(16-14-19(3)4)17-15-20(5)6/h10-13,18-21H,8-9,14-17H2,1-7H3/t21-/m0/s1. The number of carbonyl (C=O) groups excluding carboxylic acids is 2. The normalized spacial score (nSPS) is 12.3. The van der Waals surface area contributed by atoms with Gasteiger partial charge in [-0.3, -0.25) is 4.79 Å². The van der Waals surface area contributed by atoms with Gasteiger partial charge in [0.1, 0.15) is 0 Å². The van der Waals surface area contributed by atoms with Crippen molar-refractivity contribution in [1.82, 2.24) is 14.7 Å². The van der Waals surface area contributed by atoms with E-state index < -0.39 is 5.97 Å².